The Morgan fingerprint density at radius 3 is 2.87 bits per heavy atom. The Kier molecular flexibility index (Phi) is 2.31. The fourth-order valence-electron chi connectivity index (χ4n) is 1.92. The van der Waals surface area contributed by atoms with E-state index in [9.17, 15) is 4.79 Å². The zero-order valence-corrected chi connectivity index (χ0v) is 9.06. The molecule has 0 spiro atoms. The van der Waals surface area contributed by atoms with Crippen molar-refractivity contribution < 1.29 is 9.21 Å². The number of hydrogen-bond donors (Lipinski definition) is 1. The average molecular weight is 208 g/mol. The van der Waals surface area contributed by atoms with Crippen LogP contribution in [0.5, 0.6) is 0 Å². The van der Waals surface area contributed by atoms with Crippen LogP contribution >= 0.6 is 0 Å². The first-order valence-electron chi connectivity index (χ1n) is 5.10. The van der Waals surface area contributed by atoms with Gasteiger partial charge in [-0.15, -0.1) is 0 Å². The number of likely N-dealkylation sites (tertiary alicyclic amines) is 1. The molecule has 0 aliphatic carbocycles. The number of nitrogens with two attached hydrogens (primary N) is 1. The van der Waals surface area contributed by atoms with Crippen LogP contribution in [-0.4, -0.2) is 22.4 Å². The fourth-order valence-corrected chi connectivity index (χ4v) is 1.92. The number of rotatable bonds is 2. The van der Waals surface area contributed by atoms with Crippen molar-refractivity contribution in [3.8, 4) is 0 Å². The maximum absolute atomic E-state index is 11.7. The SMILES string of the molecule is CC1(C)C(N)CC(=O)N1Cc1ccco1. The Morgan fingerprint density at radius 1 is 1.67 bits per heavy atom. The highest BCUT2D eigenvalue weighted by atomic mass is 16.3. The predicted octanol–water partition coefficient (Wildman–Crippen LogP) is 1.12. The van der Waals surface area contributed by atoms with Gasteiger partial charge in [0.25, 0.3) is 0 Å². The van der Waals surface area contributed by atoms with Crippen LogP contribution in [0.1, 0.15) is 26.0 Å². The van der Waals surface area contributed by atoms with E-state index in [1.54, 1.807) is 11.2 Å². The van der Waals surface area contributed by atoms with Crippen LogP contribution < -0.4 is 5.73 Å². The van der Waals surface area contributed by atoms with Crippen LogP contribution in [0.3, 0.4) is 0 Å². The van der Waals surface area contributed by atoms with E-state index >= 15 is 0 Å². The van der Waals surface area contributed by atoms with Crippen LogP contribution in [0.2, 0.25) is 0 Å². The lowest BCUT2D eigenvalue weighted by atomic mass is 9.97. The second-order valence-corrected chi connectivity index (χ2v) is 4.52. The highest BCUT2D eigenvalue weighted by Gasteiger charge is 2.44. The van der Waals surface area contributed by atoms with Gasteiger partial charge in [-0.25, -0.2) is 0 Å². The van der Waals surface area contributed by atoms with Gasteiger partial charge in [0.1, 0.15) is 5.76 Å². The van der Waals surface area contributed by atoms with Crippen molar-refractivity contribution in [2.45, 2.75) is 38.4 Å². The van der Waals surface area contributed by atoms with Crippen molar-refractivity contribution in [1.82, 2.24) is 4.90 Å². The molecule has 1 aliphatic heterocycles. The Balaban J connectivity index is 2.18. The van der Waals surface area contributed by atoms with Crippen molar-refractivity contribution in [2.75, 3.05) is 0 Å². The third-order valence-electron chi connectivity index (χ3n) is 3.19. The molecular weight excluding hydrogens is 192 g/mol. The molecule has 1 aromatic rings. The fraction of sp³-hybridized carbons (Fsp3) is 0.545. The molecule has 1 saturated heterocycles. The molecule has 2 N–H and O–H groups in total. The van der Waals surface area contributed by atoms with Crippen molar-refractivity contribution in [1.29, 1.82) is 0 Å². The van der Waals surface area contributed by atoms with E-state index in [1.807, 2.05) is 26.0 Å². The van der Waals surface area contributed by atoms with Crippen LogP contribution in [-0.2, 0) is 11.3 Å². The molecule has 1 amide bonds. The first-order valence-corrected chi connectivity index (χ1v) is 5.10. The Labute approximate surface area is 89.0 Å². The van der Waals surface area contributed by atoms with Gasteiger partial charge in [-0.2, -0.15) is 0 Å². The summed E-state index contributed by atoms with van der Waals surface area (Å²) in [5.74, 6) is 0.898. The maximum atomic E-state index is 11.7. The van der Waals surface area contributed by atoms with E-state index in [0.29, 0.717) is 13.0 Å². The summed E-state index contributed by atoms with van der Waals surface area (Å²) in [6.45, 7) is 4.49. The summed E-state index contributed by atoms with van der Waals surface area (Å²) in [7, 11) is 0. The third-order valence-corrected chi connectivity index (χ3v) is 3.19. The third kappa shape index (κ3) is 1.65. The van der Waals surface area contributed by atoms with Crippen LogP contribution in [0.15, 0.2) is 22.8 Å². The molecule has 0 radical (unpaired) electrons. The highest BCUT2D eigenvalue weighted by Crippen LogP contribution is 2.30. The van der Waals surface area contributed by atoms with Crippen LogP contribution in [0.25, 0.3) is 0 Å². The van der Waals surface area contributed by atoms with Gasteiger partial charge < -0.3 is 15.1 Å². The second-order valence-electron chi connectivity index (χ2n) is 4.52. The van der Waals surface area contributed by atoms with Gasteiger partial charge in [-0.3, -0.25) is 4.79 Å². The lowest BCUT2D eigenvalue weighted by molar-refractivity contribution is -0.131. The minimum Gasteiger partial charge on any atom is -0.467 e. The molecule has 1 aromatic heterocycles. The van der Waals surface area contributed by atoms with E-state index < -0.39 is 0 Å². The molecule has 82 valence electrons. The van der Waals surface area contributed by atoms with Gasteiger partial charge in [0.05, 0.1) is 18.3 Å². The van der Waals surface area contributed by atoms with Crippen molar-refractivity contribution >= 4 is 5.91 Å². The number of carbonyl (C=O) groups is 1. The molecule has 1 fully saturated rings. The van der Waals surface area contributed by atoms with E-state index in [-0.39, 0.29) is 17.5 Å². The molecule has 15 heavy (non-hydrogen) atoms. The van der Waals surface area contributed by atoms with Gasteiger partial charge in [0.2, 0.25) is 5.91 Å². The highest BCUT2D eigenvalue weighted by molar-refractivity contribution is 5.80. The lowest BCUT2D eigenvalue weighted by Gasteiger charge is -2.33. The molecule has 0 saturated carbocycles. The average Bonchev–Trinajstić information content (AvgIpc) is 2.70. The van der Waals surface area contributed by atoms with Gasteiger partial charge in [-0.1, -0.05) is 0 Å². The summed E-state index contributed by atoms with van der Waals surface area (Å²) in [4.78, 5) is 13.5. The van der Waals surface area contributed by atoms with Crippen molar-refractivity contribution in [3.63, 3.8) is 0 Å². The Morgan fingerprint density at radius 2 is 2.40 bits per heavy atom. The topological polar surface area (TPSA) is 59.5 Å². The van der Waals surface area contributed by atoms with Crippen LogP contribution in [0, 0.1) is 0 Å². The van der Waals surface area contributed by atoms with Gasteiger partial charge in [0.15, 0.2) is 0 Å². The van der Waals surface area contributed by atoms with E-state index in [0.717, 1.165) is 5.76 Å². The molecule has 2 heterocycles. The molecule has 0 aromatic carbocycles. The smallest absolute Gasteiger partial charge is 0.225 e. The minimum absolute atomic E-state index is 0.0973. The molecule has 1 aliphatic rings. The summed E-state index contributed by atoms with van der Waals surface area (Å²) in [6, 6.07) is 3.59. The first kappa shape index (κ1) is 10.2. The Hall–Kier alpha value is -1.29. The molecule has 4 nitrogen and oxygen atoms in total. The second kappa shape index (κ2) is 3.38. The summed E-state index contributed by atoms with van der Waals surface area (Å²) in [5, 5.41) is 0. The summed E-state index contributed by atoms with van der Waals surface area (Å²) < 4.78 is 5.24. The predicted molar refractivity (Wildman–Crippen MR) is 55.9 cm³/mol. The zero-order chi connectivity index (χ0) is 11.1. The van der Waals surface area contributed by atoms with E-state index in [2.05, 4.69) is 0 Å². The number of hydrogen-bond acceptors (Lipinski definition) is 3. The summed E-state index contributed by atoms with van der Waals surface area (Å²) >= 11 is 0. The van der Waals surface area contributed by atoms with Crippen molar-refractivity contribution in [3.05, 3.63) is 24.2 Å². The van der Waals surface area contributed by atoms with Crippen molar-refractivity contribution in [2.24, 2.45) is 5.73 Å². The number of furan rings is 1. The van der Waals surface area contributed by atoms with Gasteiger partial charge in [-0.05, 0) is 26.0 Å². The Bertz CT molecular complexity index is 357. The minimum atomic E-state index is -0.288. The van der Waals surface area contributed by atoms with E-state index in [4.69, 9.17) is 10.2 Å². The maximum Gasteiger partial charge on any atom is 0.225 e. The first-order chi connectivity index (χ1) is 7.01. The van der Waals surface area contributed by atoms with E-state index in [1.165, 1.54) is 0 Å². The van der Waals surface area contributed by atoms with Crippen LogP contribution in [0.4, 0.5) is 0 Å². The van der Waals surface area contributed by atoms with Gasteiger partial charge in [0, 0.05) is 12.5 Å². The molecule has 0 bridgehead atoms. The standard InChI is InChI=1S/C11H16N2O2/c1-11(2)9(12)6-10(14)13(11)7-8-4-3-5-15-8/h3-5,9H,6-7,12H2,1-2H3. The monoisotopic (exact) mass is 208 g/mol. The zero-order valence-electron chi connectivity index (χ0n) is 9.06. The lowest BCUT2D eigenvalue weighted by Crippen LogP contribution is -2.48. The number of carbonyl (C=O) groups excluding carboxylic acids is 1. The normalized spacial score (nSPS) is 24.9. The van der Waals surface area contributed by atoms with Gasteiger partial charge >= 0.3 is 0 Å². The molecular formula is C11H16N2O2. The molecule has 4 heteroatoms. The molecule has 1 atom stereocenters. The molecule has 2 rings (SSSR count). The summed E-state index contributed by atoms with van der Waals surface area (Å²) in [6.07, 6.45) is 2.04. The quantitative estimate of drug-likeness (QED) is 0.792. The molecule has 1 unspecified atom stereocenters. The summed E-state index contributed by atoms with van der Waals surface area (Å²) in [5.41, 5.74) is 5.64. The number of amides is 1. The largest absolute Gasteiger partial charge is 0.467 e. The number of nitrogens with zero attached hydrogens (tertiary/aromatic N) is 1.